The van der Waals surface area contributed by atoms with E-state index >= 15 is 0 Å². The summed E-state index contributed by atoms with van der Waals surface area (Å²) in [5.41, 5.74) is 13.2. The Morgan fingerprint density at radius 2 is 1.82 bits per heavy atom. The minimum Gasteiger partial charge on any atom is -0.473 e. The molecule has 50 heavy (non-hydrogen) atoms. The van der Waals surface area contributed by atoms with Crippen LogP contribution in [-0.4, -0.2) is 74.4 Å². The van der Waals surface area contributed by atoms with Gasteiger partial charge in [0.05, 0.1) is 22.0 Å². The van der Waals surface area contributed by atoms with E-state index in [1.165, 1.54) is 29.8 Å². The summed E-state index contributed by atoms with van der Waals surface area (Å²) in [7, 11) is 0. The number of carbonyl (C=O) groups excluding carboxylic acids is 3. The maximum atomic E-state index is 14.8. The first-order valence-electron chi connectivity index (χ1n) is 16.7. The van der Waals surface area contributed by atoms with E-state index in [1.54, 1.807) is 10.6 Å². The van der Waals surface area contributed by atoms with E-state index in [4.69, 9.17) is 20.9 Å². The van der Waals surface area contributed by atoms with Gasteiger partial charge in [-0.05, 0) is 84.4 Å². The van der Waals surface area contributed by atoms with Gasteiger partial charge in [0.2, 0.25) is 5.88 Å². The molecule has 266 valence electrons. The summed E-state index contributed by atoms with van der Waals surface area (Å²) < 4.78 is 28.0. The van der Waals surface area contributed by atoms with Gasteiger partial charge in [-0.1, -0.05) is 6.07 Å². The smallest absolute Gasteiger partial charge is 0.407 e. The van der Waals surface area contributed by atoms with Crippen molar-refractivity contribution in [2.24, 2.45) is 5.73 Å². The number of aryl methyl sites for hydroxylation is 1. The molecule has 0 radical (unpaired) electrons. The van der Waals surface area contributed by atoms with Gasteiger partial charge in [0.1, 0.15) is 29.4 Å². The first-order valence-corrected chi connectivity index (χ1v) is 17.5. The zero-order chi connectivity index (χ0) is 35.7. The maximum Gasteiger partial charge on any atom is 0.407 e. The number of alkyl carbamates (subject to hydrolysis) is 1. The van der Waals surface area contributed by atoms with Crippen molar-refractivity contribution >= 4 is 46.3 Å². The Kier molecular flexibility index (Phi) is 9.82. The van der Waals surface area contributed by atoms with Crippen LogP contribution in [0.15, 0.2) is 30.6 Å². The molecule has 1 aliphatic heterocycles. The van der Waals surface area contributed by atoms with Crippen LogP contribution in [0.5, 0.6) is 5.88 Å². The second kappa shape index (κ2) is 14.1. The van der Waals surface area contributed by atoms with E-state index in [0.29, 0.717) is 53.5 Å². The van der Waals surface area contributed by atoms with Gasteiger partial charge >= 0.3 is 6.09 Å². The molecular weight excluding hydrogens is 665 g/mol. The molecule has 1 aliphatic carbocycles. The number of nitrogens with one attached hydrogen (secondary N) is 2. The molecule has 1 saturated carbocycles. The summed E-state index contributed by atoms with van der Waals surface area (Å²) in [4.78, 5) is 48.7. The van der Waals surface area contributed by atoms with E-state index in [0.717, 1.165) is 36.4 Å². The minimum absolute atomic E-state index is 0.00151. The topological polar surface area (TPSA) is 192 Å². The third-order valence-corrected chi connectivity index (χ3v) is 9.72. The highest BCUT2D eigenvalue weighted by Gasteiger charge is 2.31. The van der Waals surface area contributed by atoms with Gasteiger partial charge in [0, 0.05) is 30.7 Å². The molecular formula is C34H42FN9O5S. The average molecular weight is 708 g/mol. The summed E-state index contributed by atoms with van der Waals surface area (Å²) in [5, 5.41) is 11.2. The molecule has 0 unspecified atom stereocenters. The van der Waals surface area contributed by atoms with Gasteiger partial charge in [-0.3, -0.25) is 9.59 Å². The Morgan fingerprint density at radius 3 is 2.52 bits per heavy atom. The summed E-state index contributed by atoms with van der Waals surface area (Å²) in [6.45, 7) is 8.51. The van der Waals surface area contributed by atoms with Crippen LogP contribution in [0.2, 0.25) is 0 Å². The highest BCUT2D eigenvalue weighted by molar-refractivity contribution is 7.13. The second-order valence-corrected chi connectivity index (χ2v) is 14.9. The fourth-order valence-corrected chi connectivity index (χ4v) is 7.28. The third kappa shape index (κ3) is 7.74. The summed E-state index contributed by atoms with van der Waals surface area (Å²) in [6.07, 6.45) is 5.19. The molecule has 1 saturated heterocycles. The predicted molar refractivity (Wildman–Crippen MR) is 187 cm³/mol. The molecule has 6 N–H and O–H groups in total. The summed E-state index contributed by atoms with van der Waals surface area (Å²) in [5.74, 6) is -1.28. The molecule has 4 heterocycles. The highest BCUT2D eigenvalue weighted by atomic mass is 32.1. The molecule has 3 aromatic heterocycles. The number of piperidine rings is 1. The Hall–Kier alpha value is -4.99. The van der Waals surface area contributed by atoms with Gasteiger partial charge in [-0.15, -0.1) is 11.3 Å². The van der Waals surface area contributed by atoms with Crippen LogP contribution in [0.4, 0.5) is 20.7 Å². The van der Waals surface area contributed by atoms with E-state index in [2.05, 4.69) is 30.6 Å². The molecule has 0 bridgehead atoms. The van der Waals surface area contributed by atoms with Gasteiger partial charge in [-0.2, -0.15) is 5.10 Å². The highest BCUT2D eigenvalue weighted by Crippen LogP contribution is 2.36. The van der Waals surface area contributed by atoms with Crippen molar-refractivity contribution in [3.8, 4) is 17.1 Å². The SMILES string of the molecule is Cc1nc(OC2CCC(NC(=O)OC(C)(C)C)CC2)c(C(=O)N[C@@H]2CCCN(c3cc(-c4ccc(C(N)=O)c(F)c4)n4ncnc(N)c34)C2)s1. The molecule has 16 heteroatoms. The van der Waals surface area contributed by atoms with Crippen LogP contribution >= 0.6 is 11.3 Å². The molecule has 3 amide bonds. The normalized spacial score (nSPS) is 19.6. The van der Waals surface area contributed by atoms with Crippen molar-refractivity contribution in [2.45, 2.75) is 90.0 Å². The molecule has 4 aromatic rings. The van der Waals surface area contributed by atoms with Crippen LogP contribution in [0, 0.1) is 12.7 Å². The molecule has 14 nitrogen and oxygen atoms in total. The number of hydrogen-bond acceptors (Lipinski definition) is 11. The van der Waals surface area contributed by atoms with Crippen LogP contribution in [0.3, 0.4) is 0 Å². The Labute approximate surface area is 292 Å². The molecule has 6 rings (SSSR count). The number of nitrogen functional groups attached to an aromatic ring is 1. The number of primary amides is 1. The molecule has 2 aliphatic rings. The molecule has 1 aromatic carbocycles. The quantitative estimate of drug-likeness (QED) is 0.201. The fraction of sp³-hybridized carbons (Fsp3) is 0.471. The number of carbonyl (C=O) groups is 3. The Balaban J connectivity index is 1.13. The van der Waals surface area contributed by atoms with Crippen molar-refractivity contribution in [3.05, 3.63) is 51.9 Å². The lowest BCUT2D eigenvalue weighted by Crippen LogP contribution is -2.47. The minimum atomic E-state index is -0.855. The number of rotatable bonds is 8. The third-order valence-electron chi connectivity index (χ3n) is 8.77. The lowest BCUT2D eigenvalue weighted by atomic mass is 9.93. The summed E-state index contributed by atoms with van der Waals surface area (Å²) >= 11 is 1.29. The van der Waals surface area contributed by atoms with Crippen LogP contribution < -0.4 is 31.7 Å². The standard InChI is InChI=1S/C34H42FN9O5S/c1-18-40-32(48-22-10-8-20(9-11-22)42-33(47)49-34(2,3)4)28(50-18)31(46)41-21-6-5-13-43(16-21)26-15-25(44-27(26)29(36)38-17-39-44)19-7-12-23(30(37)45)24(35)14-19/h7,12,14-15,17,20-22H,5-6,8-11,13,16H2,1-4H3,(H2,37,45)(H,41,46)(H,42,47)(H2,36,38,39)/t20?,21-,22?/m1/s1. The van der Waals surface area contributed by atoms with Crippen LogP contribution in [0.25, 0.3) is 16.8 Å². The number of aromatic nitrogens is 4. The largest absolute Gasteiger partial charge is 0.473 e. The number of hydrogen-bond donors (Lipinski definition) is 4. The first kappa shape index (κ1) is 34.9. The van der Waals surface area contributed by atoms with E-state index < -0.39 is 23.4 Å². The number of halogens is 1. The van der Waals surface area contributed by atoms with Gasteiger partial charge < -0.3 is 36.5 Å². The number of nitrogens with zero attached hydrogens (tertiary/aromatic N) is 5. The lowest BCUT2D eigenvalue weighted by Gasteiger charge is -2.34. The maximum absolute atomic E-state index is 14.8. The van der Waals surface area contributed by atoms with Gasteiger partial charge in [0.25, 0.3) is 11.8 Å². The molecule has 0 spiro atoms. The van der Waals surface area contributed by atoms with Crippen molar-refractivity contribution in [1.29, 1.82) is 0 Å². The molecule has 2 fully saturated rings. The average Bonchev–Trinajstić information content (AvgIpc) is 3.62. The zero-order valence-corrected chi connectivity index (χ0v) is 29.3. The second-order valence-electron chi connectivity index (χ2n) is 13.7. The number of nitrogens with two attached hydrogens (primary N) is 2. The van der Waals surface area contributed by atoms with Crippen LogP contribution in [-0.2, 0) is 4.74 Å². The molecule has 1 atom stereocenters. The van der Waals surface area contributed by atoms with Crippen molar-refractivity contribution in [1.82, 2.24) is 30.2 Å². The number of anilines is 2. The van der Waals surface area contributed by atoms with E-state index in [1.807, 2.05) is 33.8 Å². The fourth-order valence-electron chi connectivity index (χ4n) is 6.52. The number of fused-ring (bicyclic) bond motifs is 1. The lowest BCUT2D eigenvalue weighted by molar-refractivity contribution is 0.0468. The summed E-state index contributed by atoms with van der Waals surface area (Å²) in [6, 6.07) is 5.86. The van der Waals surface area contributed by atoms with E-state index in [-0.39, 0.29) is 35.5 Å². The Bertz CT molecular complexity index is 1910. The number of benzene rings is 1. The monoisotopic (exact) mass is 707 g/mol. The van der Waals surface area contributed by atoms with Crippen LogP contribution in [0.1, 0.15) is 84.3 Å². The number of thiazole rings is 1. The predicted octanol–water partition coefficient (Wildman–Crippen LogP) is 4.59. The van der Waals surface area contributed by atoms with Crippen molar-refractivity contribution in [2.75, 3.05) is 23.7 Å². The Morgan fingerprint density at radius 1 is 1.06 bits per heavy atom. The van der Waals surface area contributed by atoms with Crippen molar-refractivity contribution < 1.29 is 28.2 Å². The van der Waals surface area contributed by atoms with Gasteiger partial charge in [-0.25, -0.2) is 23.7 Å². The first-order chi connectivity index (χ1) is 23.8. The van der Waals surface area contributed by atoms with Crippen molar-refractivity contribution in [3.63, 3.8) is 0 Å². The van der Waals surface area contributed by atoms with E-state index in [9.17, 15) is 18.8 Å². The number of amides is 3. The van der Waals surface area contributed by atoms with Gasteiger partial charge in [0.15, 0.2) is 10.7 Å². The zero-order valence-electron chi connectivity index (χ0n) is 28.5. The number of ether oxygens (including phenoxy) is 2.